The van der Waals surface area contributed by atoms with Crippen LogP contribution in [-0.2, 0) is 6.42 Å². The van der Waals surface area contributed by atoms with Crippen molar-refractivity contribution in [1.29, 1.82) is 0 Å². The third-order valence-corrected chi connectivity index (χ3v) is 8.59. The molecule has 2 fully saturated rings. The van der Waals surface area contributed by atoms with Crippen LogP contribution in [0.15, 0.2) is 48.5 Å². The third-order valence-electron chi connectivity index (χ3n) is 8.59. The number of benzene rings is 2. The second-order valence-corrected chi connectivity index (χ2v) is 9.82. The Balaban J connectivity index is 1.40. The molecule has 2 aromatic carbocycles. The van der Waals surface area contributed by atoms with Crippen LogP contribution >= 0.6 is 0 Å². The number of ether oxygens (including phenoxy) is 1. The number of hydrogen-bond donors (Lipinski definition) is 2. The quantitative estimate of drug-likeness (QED) is 0.690. The van der Waals surface area contributed by atoms with Gasteiger partial charge < -0.3 is 14.9 Å². The van der Waals surface area contributed by atoms with E-state index in [2.05, 4.69) is 25.1 Å². The number of aryl methyl sites for hydroxylation is 1. The van der Waals surface area contributed by atoms with Crippen LogP contribution in [0.5, 0.6) is 11.5 Å². The van der Waals surface area contributed by atoms with E-state index in [9.17, 15) is 10.2 Å². The summed E-state index contributed by atoms with van der Waals surface area (Å²) in [4.78, 5) is 0. The lowest BCUT2D eigenvalue weighted by atomic mass is 9.53. The van der Waals surface area contributed by atoms with Crippen molar-refractivity contribution in [2.45, 2.75) is 57.0 Å². The van der Waals surface area contributed by atoms with E-state index in [0.29, 0.717) is 23.5 Å². The molecule has 2 N–H and O–H groups in total. The zero-order valence-electron chi connectivity index (χ0n) is 18.0. The lowest BCUT2D eigenvalue weighted by Gasteiger charge is -2.52. The van der Waals surface area contributed by atoms with Gasteiger partial charge in [-0.1, -0.05) is 37.3 Å². The van der Waals surface area contributed by atoms with Gasteiger partial charge in [-0.05, 0) is 97.2 Å². The average Bonchev–Trinajstić information content (AvgIpc) is 3.03. The summed E-state index contributed by atoms with van der Waals surface area (Å²) in [6.07, 6.45) is 10.5. The van der Waals surface area contributed by atoms with E-state index in [1.165, 1.54) is 17.5 Å². The molecule has 0 heterocycles. The number of hydrogen-bond acceptors (Lipinski definition) is 3. The van der Waals surface area contributed by atoms with Gasteiger partial charge in [0.2, 0.25) is 0 Å². The van der Waals surface area contributed by atoms with Crippen LogP contribution in [0.3, 0.4) is 0 Å². The molecule has 0 saturated heterocycles. The molecule has 4 unspecified atom stereocenters. The lowest BCUT2D eigenvalue weighted by molar-refractivity contribution is -0.0705. The number of aliphatic hydroxyl groups is 1. The number of rotatable bonds is 3. The molecule has 3 aliphatic carbocycles. The summed E-state index contributed by atoms with van der Waals surface area (Å²) in [5.41, 5.74) is 3.03. The zero-order valence-corrected chi connectivity index (χ0v) is 18.0. The van der Waals surface area contributed by atoms with Gasteiger partial charge in [0, 0.05) is 5.41 Å². The summed E-state index contributed by atoms with van der Waals surface area (Å²) in [6.45, 7) is 2.32. The first-order valence-electron chi connectivity index (χ1n) is 11.3. The first kappa shape index (κ1) is 19.7. The van der Waals surface area contributed by atoms with Crippen LogP contribution < -0.4 is 4.74 Å². The van der Waals surface area contributed by atoms with Crippen molar-refractivity contribution in [3.63, 3.8) is 0 Å². The molecule has 0 amide bonds. The highest BCUT2D eigenvalue weighted by atomic mass is 16.5. The summed E-state index contributed by atoms with van der Waals surface area (Å²) < 4.78 is 5.25. The molecular formula is C27H32O3. The largest absolute Gasteiger partial charge is 0.508 e. The Kier molecular flexibility index (Phi) is 4.70. The Morgan fingerprint density at radius 3 is 2.60 bits per heavy atom. The molecule has 0 aromatic heterocycles. The van der Waals surface area contributed by atoms with Crippen molar-refractivity contribution in [3.05, 3.63) is 65.2 Å². The van der Waals surface area contributed by atoms with Gasteiger partial charge >= 0.3 is 0 Å². The van der Waals surface area contributed by atoms with Crippen molar-refractivity contribution in [2.75, 3.05) is 7.11 Å². The van der Waals surface area contributed by atoms with E-state index in [1.807, 2.05) is 36.4 Å². The van der Waals surface area contributed by atoms with Gasteiger partial charge in [0.15, 0.2) is 0 Å². The maximum atomic E-state index is 11.8. The van der Waals surface area contributed by atoms with Crippen molar-refractivity contribution >= 4 is 6.08 Å². The van der Waals surface area contributed by atoms with E-state index in [0.717, 1.165) is 43.4 Å². The first-order valence-corrected chi connectivity index (χ1v) is 11.3. The van der Waals surface area contributed by atoms with Gasteiger partial charge in [-0.2, -0.15) is 0 Å². The molecule has 0 spiro atoms. The Morgan fingerprint density at radius 2 is 1.83 bits per heavy atom. The van der Waals surface area contributed by atoms with Crippen LogP contribution in [0.4, 0.5) is 0 Å². The van der Waals surface area contributed by atoms with Gasteiger partial charge in [0.1, 0.15) is 11.5 Å². The van der Waals surface area contributed by atoms with E-state index in [-0.39, 0.29) is 5.41 Å². The molecule has 3 nitrogen and oxygen atoms in total. The van der Waals surface area contributed by atoms with Crippen LogP contribution in [-0.4, -0.2) is 22.9 Å². The highest BCUT2D eigenvalue weighted by Gasteiger charge is 2.60. The number of aromatic hydroxyl groups is 1. The maximum absolute atomic E-state index is 11.8. The normalized spacial score (nSPS) is 35.0. The van der Waals surface area contributed by atoms with E-state index < -0.39 is 5.60 Å². The standard InChI is InChI=1S/C27H32O3/c1-26-14-12-23-22-10-6-20(28)17-19(22)5-9-24(23)25(26)13-16-27(26,29)15-11-18-3-7-21(30-2)8-4-18/h3-4,6-8,10-11,15,17,23-25,28-29H,5,9,12-14,16H2,1-2H3/b15-11+/t23?,24?,25?,26?,27-/m0/s1. The van der Waals surface area contributed by atoms with Crippen LogP contribution in [0.1, 0.15) is 61.6 Å². The molecule has 5 rings (SSSR count). The summed E-state index contributed by atoms with van der Waals surface area (Å²) in [7, 11) is 1.68. The van der Waals surface area contributed by atoms with Gasteiger partial charge in [0.25, 0.3) is 0 Å². The topological polar surface area (TPSA) is 49.7 Å². The Labute approximate surface area is 179 Å². The van der Waals surface area contributed by atoms with Gasteiger partial charge in [-0.25, -0.2) is 0 Å². The van der Waals surface area contributed by atoms with E-state index in [4.69, 9.17) is 4.74 Å². The fourth-order valence-corrected chi connectivity index (χ4v) is 6.84. The molecule has 2 aromatic rings. The second-order valence-electron chi connectivity index (χ2n) is 9.82. The molecule has 158 valence electrons. The summed E-state index contributed by atoms with van der Waals surface area (Å²) in [5, 5.41) is 21.7. The number of phenols is 1. The summed E-state index contributed by atoms with van der Waals surface area (Å²) in [6, 6.07) is 14.0. The molecular weight excluding hydrogens is 372 g/mol. The molecule has 30 heavy (non-hydrogen) atoms. The minimum absolute atomic E-state index is 0.0778. The van der Waals surface area contributed by atoms with Gasteiger partial charge in [-0.3, -0.25) is 0 Å². The number of phenolic OH excluding ortho intramolecular Hbond substituents is 1. The molecule has 3 aliphatic rings. The van der Waals surface area contributed by atoms with Crippen molar-refractivity contribution in [3.8, 4) is 11.5 Å². The molecule has 0 bridgehead atoms. The van der Waals surface area contributed by atoms with Crippen LogP contribution in [0, 0.1) is 17.3 Å². The van der Waals surface area contributed by atoms with Gasteiger partial charge in [-0.15, -0.1) is 0 Å². The lowest BCUT2D eigenvalue weighted by Crippen LogP contribution is -2.49. The minimum atomic E-state index is -0.752. The number of fused-ring (bicyclic) bond motifs is 5. The Morgan fingerprint density at radius 1 is 1.03 bits per heavy atom. The first-order chi connectivity index (χ1) is 14.4. The van der Waals surface area contributed by atoms with Gasteiger partial charge in [0.05, 0.1) is 12.7 Å². The highest BCUT2D eigenvalue weighted by Crippen LogP contribution is 2.64. The predicted molar refractivity (Wildman–Crippen MR) is 120 cm³/mol. The molecule has 0 radical (unpaired) electrons. The SMILES string of the molecule is COc1ccc(/C=C/[C@]2(O)CCC3C4CCc5cc(O)ccc5C4CCC32C)cc1. The molecule has 3 heteroatoms. The molecule has 0 aliphatic heterocycles. The summed E-state index contributed by atoms with van der Waals surface area (Å²) >= 11 is 0. The number of methoxy groups -OCH3 is 1. The zero-order chi connectivity index (χ0) is 20.9. The predicted octanol–water partition coefficient (Wildman–Crippen LogP) is 5.70. The molecule has 5 atom stereocenters. The Bertz CT molecular complexity index is 963. The highest BCUT2D eigenvalue weighted by molar-refractivity contribution is 5.52. The Hall–Kier alpha value is -2.26. The van der Waals surface area contributed by atoms with Crippen molar-refractivity contribution in [1.82, 2.24) is 0 Å². The fourth-order valence-electron chi connectivity index (χ4n) is 6.84. The average molecular weight is 405 g/mol. The van der Waals surface area contributed by atoms with E-state index >= 15 is 0 Å². The summed E-state index contributed by atoms with van der Waals surface area (Å²) in [5.74, 6) is 2.98. The van der Waals surface area contributed by atoms with E-state index in [1.54, 1.807) is 7.11 Å². The minimum Gasteiger partial charge on any atom is -0.508 e. The smallest absolute Gasteiger partial charge is 0.118 e. The second kappa shape index (κ2) is 7.16. The van der Waals surface area contributed by atoms with Crippen molar-refractivity contribution < 1.29 is 14.9 Å². The van der Waals surface area contributed by atoms with Crippen molar-refractivity contribution in [2.24, 2.45) is 17.3 Å². The fraction of sp³-hybridized carbons (Fsp3) is 0.481. The third kappa shape index (κ3) is 2.98. The molecule has 2 saturated carbocycles. The monoisotopic (exact) mass is 404 g/mol. The van der Waals surface area contributed by atoms with Crippen LogP contribution in [0.2, 0.25) is 0 Å². The van der Waals surface area contributed by atoms with Crippen LogP contribution in [0.25, 0.3) is 6.08 Å². The maximum Gasteiger partial charge on any atom is 0.118 e.